The second-order valence-corrected chi connectivity index (χ2v) is 4.36. The van der Waals surface area contributed by atoms with Crippen LogP contribution in [0.15, 0.2) is 53.5 Å². The molecule has 102 valence electrons. The van der Waals surface area contributed by atoms with Crippen LogP contribution in [-0.2, 0) is 0 Å². The molecule has 2 aromatic carbocycles. The minimum atomic E-state index is 0.0621. The Morgan fingerprint density at radius 2 is 1.75 bits per heavy atom. The van der Waals surface area contributed by atoms with Gasteiger partial charge in [-0.3, -0.25) is 9.79 Å². The van der Waals surface area contributed by atoms with Gasteiger partial charge in [-0.2, -0.15) is 0 Å². The summed E-state index contributed by atoms with van der Waals surface area (Å²) < 4.78 is 5.38. The van der Waals surface area contributed by atoms with Crippen molar-refractivity contribution in [3.05, 3.63) is 59.7 Å². The Balaban J connectivity index is 2.06. The van der Waals surface area contributed by atoms with Crippen LogP contribution in [0.2, 0.25) is 0 Å². The Kier molecular flexibility index (Phi) is 4.66. The van der Waals surface area contributed by atoms with E-state index in [2.05, 4.69) is 4.99 Å². The minimum absolute atomic E-state index is 0.0621. The van der Waals surface area contributed by atoms with E-state index in [1.54, 1.807) is 25.3 Å². The van der Waals surface area contributed by atoms with Crippen LogP contribution < -0.4 is 4.74 Å². The van der Waals surface area contributed by atoms with E-state index in [4.69, 9.17) is 4.74 Å². The van der Waals surface area contributed by atoms with Crippen LogP contribution in [-0.4, -0.2) is 18.6 Å². The van der Waals surface area contributed by atoms with Gasteiger partial charge in [-0.1, -0.05) is 0 Å². The second-order valence-electron chi connectivity index (χ2n) is 4.36. The van der Waals surface area contributed by atoms with Crippen LogP contribution in [0.4, 0.5) is 5.69 Å². The SMILES string of the molecule is CCOc1ccc(/C=N/c2ccc(C(C)=O)cc2)cc1. The zero-order valence-electron chi connectivity index (χ0n) is 11.7. The number of Topliss-reactive ketones (excluding diaryl/α,β-unsaturated/α-hetero) is 1. The van der Waals surface area contributed by atoms with Crippen molar-refractivity contribution in [1.29, 1.82) is 0 Å². The molecule has 0 aliphatic carbocycles. The third kappa shape index (κ3) is 3.79. The number of ether oxygens (including phenoxy) is 1. The molecule has 0 aliphatic heterocycles. The number of nitrogens with zero attached hydrogens (tertiary/aromatic N) is 1. The number of benzene rings is 2. The van der Waals surface area contributed by atoms with Crippen LogP contribution in [0.1, 0.15) is 29.8 Å². The van der Waals surface area contributed by atoms with Gasteiger partial charge in [0, 0.05) is 11.8 Å². The maximum absolute atomic E-state index is 11.2. The second kappa shape index (κ2) is 6.66. The van der Waals surface area contributed by atoms with E-state index >= 15 is 0 Å². The molecule has 0 saturated heterocycles. The van der Waals surface area contributed by atoms with Gasteiger partial charge in [0.05, 0.1) is 12.3 Å². The molecule has 20 heavy (non-hydrogen) atoms. The van der Waals surface area contributed by atoms with Gasteiger partial charge in [0.15, 0.2) is 5.78 Å². The lowest BCUT2D eigenvalue weighted by Crippen LogP contribution is -1.91. The lowest BCUT2D eigenvalue weighted by molar-refractivity contribution is 0.101. The molecule has 0 saturated carbocycles. The fourth-order valence-corrected chi connectivity index (χ4v) is 1.75. The lowest BCUT2D eigenvalue weighted by atomic mass is 10.1. The molecule has 0 amide bonds. The van der Waals surface area contributed by atoms with Crippen molar-refractivity contribution in [3.63, 3.8) is 0 Å². The molecule has 0 heterocycles. The smallest absolute Gasteiger partial charge is 0.159 e. The van der Waals surface area contributed by atoms with Crippen molar-refractivity contribution in [3.8, 4) is 5.75 Å². The summed E-state index contributed by atoms with van der Waals surface area (Å²) in [5.74, 6) is 0.919. The Morgan fingerprint density at radius 1 is 1.10 bits per heavy atom. The van der Waals surface area contributed by atoms with Crippen molar-refractivity contribution < 1.29 is 9.53 Å². The van der Waals surface area contributed by atoms with Gasteiger partial charge in [0.1, 0.15) is 5.75 Å². The number of rotatable bonds is 5. The van der Waals surface area contributed by atoms with Crippen LogP contribution in [0.5, 0.6) is 5.75 Å². The summed E-state index contributed by atoms with van der Waals surface area (Å²) in [7, 11) is 0. The zero-order valence-corrected chi connectivity index (χ0v) is 11.7. The first kappa shape index (κ1) is 14.0. The number of carbonyl (C=O) groups is 1. The number of hydrogen-bond acceptors (Lipinski definition) is 3. The fraction of sp³-hybridized carbons (Fsp3) is 0.176. The molecule has 0 fully saturated rings. The van der Waals surface area contributed by atoms with E-state index in [-0.39, 0.29) is 5.78 Å². The minimum Gasteiger partial charge on any atom is -0.494 e. The molecule has 3 heteroatoms. The predicted octanol–water partition coefficient (Wildman–Crippen LogP) is 4.04. The predicted molar refractivity (Wildman–Crippen MR) is 81.3 cm³/mol. The van der Waals surface area contributed by atoms with E-state index in [9.17, 15) is 4.79 Å². The van der Waals surface area contributed by atoms with E-state index in [1.807, 2.05) is 43.3 Å². The summed E-state index contributed by atoms with van der Waals surface area (Å²) in [6.07, 6.45) is 1.79. The number of carbonyl (C=O) groups excluding carboxylic acids is 1. The van der Waals surface area contributed by atoms with Gasteiger partial charge in [-0.25, -0.2) is 0 Å². The lowest BCUT2D eigenvalue weighted by Gasteiger charge is -2.02. The van der Waals surface area contributed by atoms with Gasteiger partial charge in [-0.05, 0) is 67.9 Å². The molecular weight excluding hydrogens is 250 g/mol. The molecule has 2 aromatic rings. The molecule has 0 radical (unpaired) electrons. The highest BCUT2D eigenvalue weighted by atomic mass is 16.5. The van der Waals surface area contributed by atoms with Crippen molar-refractivity contribution in [2.45, 2.75) is 13.8 Å². The molecule has 3 nitrogen and oxygen atoms in total. The van der Waals surface area contributed by atoms with Gasteiger partial charge in [0.2, 0.25) is 0 Å². The van der Waals surface area contributed by atoms with E-state index in [0.717, 1.165) is 17.0 Å². The van der Waals surface area contributed by atoms with Crippen molar-refractivity contribution >= 4 is 17.7 Å². The number of hydrogen-bond donors (Lipinski definition) is 0. The monoisotopic (exact) mass is 267 g/mol. The number of ketones is 1. The van der Waals surface area contributed by atoms with Gasteiger partial charge in [-0.15, -0.1) is 0 Å². The Labute approximate surface area is 118 Å². The largest absolute Gasteiger partial charge is 0.494 e. The summed E-state index contributed by atoms with van der Waals surface area (Å²) in [4.78, 5) is 15.5. The first-order valence-electron chi connectivity index (χ1n) is 6.57. The summed E-state index contributed by atoms with van der Waals surface area (Å²) >= 11 is 0. The van der Waals surface area contributed by atoms with Crippen LogP contribution in [0.3, 0.4) is 0 Å². The van der Waals surface area contributed by atoms with Crippen LogP contribution >= 0.6 is 0 Å². The van der Waals surface area contributed by atoms with Crippen LogP contribution in [0, 0.1) is 0 Å². The summed E-state index contributed by atoms with van der Waals surface area (Å²) in [6, 6.07) is 15.0. The maximum Gasteiger partial charge on any atom is 0.159 e. The third-order valence-electron chi connectivity index (χ3n) is 2.83. The fourth-order valence-electron chi connectivity index (χ4n) is 1.75. The van der Waals surface area contributed by atoms with Crippen molar-refractivity contribution in [2.75, 3.05) is 6.61 Å². The first-order valence-corrected chi connectivity index (χ1v) is 6.57. The Hall–Kier alpha value is -2.42. The topological polar surface area (TPSA) is 38.7 Å². The molecule has 0 aromatic heterocycles. The average molecular weight is 267 g/mol. The van der Waals surface area contributed by atoms with Gasteiger partial charge < -0.3 is 4.74 Å². The van der Waals surface area contributed by atoms with E-state index in [1.165, 1.54) is 0 Å². The van der Waals surface area contributed by atoms with E-state index < -0.39 is 0 Å². The Morgan fingerprint density at radius 3 is 2.30 bits per heavy atom. The molecule has 0 unspecified atom stereocenters. The quantitative estimate of drug-likeness (QED) is 0.605. The molecular formula is C17H17NO2. The zero-order chi connectivity index (χ0) is 14.4. The molecule has 0 atom stereocenters. The maximum atomic E-state index is 11.2. The highest BCUT2D eigenvalue weighted by Crippen LogP contribution is 2.15. The first-order chi connectivity index (χ1) is 9.69. The van der Waals surface area contributed by atoms with Gasteiger partial charge in [0.25, 0.3) is 0 Å². The molecule has 2 rings (SSSR count). The number of aliphatic imine (C=N–C) groups is 1. The molecule has 0 aliphatic rings. The highest BCUT2D eigenvalue weighted by Gasteiger charge is 1.97. The van der Waals surface area contributed by atoms with Crippen molar-refractivity contribution in [2.24, 2.45) is 4.99 Å². The highest BCUT2D eigenvalue weighted by molar-refractivity contribution is 5.94. The Bertz CT molecular complexity index is 598. The summed E-state index contributed by atoms with van der Waals surface area (Å²) in [5, 5.41) is 0. The van der Waals surface area contributed by atoms with Gasteiger partial charge >= 0.3 is 0 Å². The van der Waals surface area contributed by atoms with Crippen molar-refractivity contribution in [1.82, 2.24) is 0 Å². The molecule has 0 N–H and O–H groups in total. The standard InChI is InChI=1S/C17H17NO2/c1-3-20-17-10-4-14(5-11-17)12-18-16-8-6-15(7-9-16)13(2)19/h4-12H,3H2,1-2H3/b18-12+. The summed E-state index contributed by atoms with van der Waals surface area (Å²) in [5.41, 5.74) is 2.53. The van der Waals surface area contributed by atoms with E-state index in [0.29, 0.717) is 12.2 Å². The average Bonchev–Trinajstić information content (AvgIpc) is 2.47. The van der Waals surface area contributed by atoms with Crippen LogP contribution in [0.25, 0.3) is 0 Å². The normalized spacial score (nSPS) is 10.7. The molecule has 0 spiro atoms. The molecule has 0 bridgehead atoms. The third-order valence-corrected chi connectivity index (χ3v) is 2.83. The summed E-state index contributed by atoms with van der Waals surface area (Å²) in [6.45, 7) is 4.17.